The van der Waals surface area contributed by atoms with Crippen LogP contribution >= 0.6 is 11.3 Å². The van der Waals surface area contributed by atoms with E-state index in [-0.39, 0.29) is 18.3 Å². The number of piperidine rings is 1. The van der Waals surface area contributed by atoms with Crippen molar-refractivity contribution in [3.05, 3.63) is 94.7 Å². The van der Waals surface area contributed by atoms with Gasteiger partial charge in [0.15, 0.2) is 0 Å². The van der Waals surface area contributed by atoms with Gasteiger partial charge in [-0.3, -0.25) is 4.79 Å². The molecule has 1 amide bonds. The number of hydrogen-bond acceptors (Lipinski definition) is 4. The van der Waals surface area contributed by atoms with Crippen LogP contribution in [0.2, 0.25) is 0 Å². The third-order valence-electron chi connectivity index (χ3n) is 5.87. The molecular formula is C26H23FN2O2S. The van der Waals surface area contributed by atoms with Crippen molar-refractivity contribution >= 4 is 27.5 Å². The van der Waals surface area contributed by atoms with Crippen LogP contribution in [0.3, 0.4) is 0 Å². The summed E-state index contributed by atoms with van der Waals surface area (Å²) in [5.41, 5.74) is 2.47. The fourth-order valence-electron chi connectivity index (χ4n) is 4.08. The Balaban J connectivity index is 1.24. The number of carbonyl (C=O) groups is 1. The molecule has 6 heteroatoms. The monoisotopic (exact) mass is 446 g/mol. The van der Waals surface area contributed by atoms with Crippen LogP contribution in [0.25, 0.3) is 10.2 Å². The number of rotatable bonds is 5. The maximum absolute atomic E-state index is 13.2. The van der Waals surface area contributed by atoms with Gasteiger partial charge in [0.05, 0.1) is 20.8 Å². The number of thiazole rings is 1. The van der Waals surface area contributed by atoms with Gasteiger partial charge >= 0.3 is 0 Å². The number of hydrogen-bond donors (Lipinski definition) is 0. The van der Waals surface area contributed by atoms with E-state index in [2.05, 4.69) is 12.1 Å². The molecule has 162 valence electrons. The number of amides is 1. The molecule has 0 saturated carbocycles. The van der Waals surface area contributed by atoms with E-state index >= 15 is 0 Å². The molecule has 3 aromatic carbocycles. The Morgan fingerprint density at radius 2 is 1.72 bits per heavy atom. The molecule has 0 unspecified atom stereocenters. The van der Waals surface area contributed by atoms with Gasteiger partial charge in [-0.25, -0.2) is 9.37 Å². The van der Waals surface area contributed by atoms with Crippen LogP contribution in [0.1, 0.15) is 39.7 Å². The molecule has 2 heterocycles. The lowest BCUT2D eigenvalue weighted by atomic mass is 9.97. The fraction of sp³-hybridized carbons (Fsp3) is 0.231. The van der Waals surface area contributed by atoms with E-state index in [1.807, 2.05) is 41.3 Å². The van der Waals surface area contributed by atoms with Gasteiger partial charge in [0.1, 0.15) is 18.2 Å². The van der Waals surface area contributed by atoms with E-state index in [1.165, 1.54) is 21.8 Å². The van der Waals surface area contributed by atoms with Gasteiger partial charge in [0.25, 0.3) is 5.91 Å². The first-order valence-corrected chi connectivity index (χ1v) is 11.6. The summed E-state index contributed by atoms with van der Waals surface area (Å²) < 4.78 is 20.3. The van der Waals surface area contributed by atoms with Crippen LogP contribution in [0.4, 0.5) is 4.39 Å². The van der Waals surface area contributed by atoms with Crippen LogP contribution in [-0.4, -0.2) is 28.9 Å². The van der Waals surface area contributed by atoms with Crippen molar-refractivity contribution in [1.82, 2.24) is 9.88 Å². The summed E-state index contributed by atoms with van der Waals surface area (Å²) in [6.07, 6.45) is 1.81. The van der Waals surface area contributed by atoms with Crippen LogP contribution in [-0.2, 0) is 6.61 Å². The number of aromatic nitrogens is 1. The van der Waals surface area contributed by atoms with E-state index in [0.29, 0.717) is 30.3 Å². The lowest BCUT2D eigenvalue weighted by Crippen LogP contribution is -2.38. The highest BCUT2D eigenvalue weighted by Crippen LogP contribution is 2.34. The van der Waals surface area contributed by atoms with Gasteiger partial charge in [-0.05, 0) is 54.8 Å². The van der Waals surface area contributed by atoms with Crippen molar-refractivity contribution in [2.24, 2.45) is 0 Å². The average Bonchev–Trinajstić information content (AvgIpc) is 3.28. The average molecular weight is 447 g/mol. The molecule has 0 bridgehead atoms. The predicted octanol–water partition coefficient (Wildman–Crippen LogP) is 6.03. The van der Waals surface area contributed by atoms with Gasteiger partial charge < -0.3 is 9.64 Å². The van der Waals surface area contributed by atoms with E-state index < -0.39 is 0 Å². The predicted molar refractivity (Wildman–Crippen MR) is 125 cm³/mol. The van der Waals surface area contributed by atoms with Crippen molar-refractivity contribution < 1.29 is 13.9 Å². The molecule has 1 aliphatic heterocycles. The lowest BCUT2D eigenvalue weighted by molar-refractivity contribution is 0.0708. The molecule has 0 aliphatic carbocycles. The zero-order valence-corrected chi connectivity index (χ0v) is 18.4. The lowest BCUT2D eigenvalue weighted by Gasteiger charge is -2.31. The molecular weight excluding hydrogens is 423 g/mol. The van der Waals surface area contributed by atoms with Crippen molar-refractivity contribution in [3.8, 4) is 5.75 Å². The summed E-state index contributed by atoms with van der Waals surface area (Å²) in [4.78, 5) is 20.0. The summed E-state index contributed by atoms with van der Waals surface area (Å²) in [6, 6.07) is 21.7. The highest BCUT2D eigenvalue weighted by Gasteiger charge is 2.27. The van der Waals surface area contributed by atoms with E-state index in [4.69, 9.17) is 9.72 Å². The molecule has 0 N–H and O–H groups in total. The second-order valence-corrected chi connectivity index (χ2v) is 9.06. The van der Waals surface area contributed by atoms with Crippen LogP contribution < -0.4 is 4.74 Å². The largest absolute Gasteiger partial charge is 0.488 e. The SMILES string of the molecule is O=C(c1ccccc1OCc1ccc(F)cc1)N1CCC(c2nc3ccccc3s2)CC1. The van der Waals surface area contributed by atoms with E-state index in [0.717, 1.165) is 23.9 Å². The summed E-state index contributed by atoms with van der Waals surface area (Å²) in [7, 11) is 0. The quantitative estimate of drug-likeness (QED) is 0.376. The number of carbonyl (C=O) groups excluding carboxylic acids is 1. The Kier molecular flexibility index (Phi) is 5.86. The molecule has 4 aromatic rings. The first-order chi connectivity index (χ1) is 15.7. The number of likely N-dealkylation sites (tertiary alicyclic amines) is 1. The molecule has 1 fully saturated rings. The number of benzene rings is 3. The van der Waals surface area contributed by atoms with Crippen LogP contribution in [0.5, 0.6) is 5.75 Å². The Bertz CT molecular complexity index is 1200. The fourth-order valence-corrected chi connectivity index (χ4v) is 5.21. The second kappa shape index (κ2) is 9.09. The molecule has 4 nitrogen and oxygen atoms in total. The number of fused-ring (bicyclic) bond motifs is 1. The normalized spacial score (nSPS) is 14.6. The van der Waals surface area contributed by atoms with Gasteiger partial charge in [-0.2, -0.15) is 0 Å². The summed E-state index contributed by atoms with van der Waals surface area (Å²) in [5, 5.41) is 1.17. The Morgan fingerprint density at radius 1 is 1.00 bits per heavy atom. The van der Waals surface area contributed by atoms with Gasteiger partial charge in [0.2, 0.25) is 0 Å². The molecule has 0 spiro atoms. The summed E-state index contributed by atoms with van der Waals surface area (Å²) in [5.74, 6) is 0.651. The van der Waals surface area contributed by atoms with Crippen LogP contribution in [0.15, 0.2) is 72.8 Å². The minimum Gasteiger partial charge on any atom is -0.488 e. The topological polar surface area (TPSA) is 42.4 Å². The maximum atomic E-state index is 13.2. The standard InChI is InChI=1S/C26H23FN2O2S/c27-20-11-9-18(10-12-20)17-31-23-7-3-1-5-21(23)26(30)29-15-13-19(14-16-29)25-28-22-6-2-4-8-24(22)32-25/h1-12,19H,13-17H2. The molecule has 1 aromatic heterocycles. The van der Waals surface area contributed by atoms with Crippen LogP contribution in [0, 0.1) is 5.82 Å². The Morgan fingerprint density at radius 3 is 2.50 bits per heavy atom. The van der Waals surface area contributed by atoms with Gasteiger partial charge in [-0.1, -0.05) is 36.4 Å². The highest BCUT2D eigenvalue weighted by molar-refractivity contribution is 7.18. The van der Waals surface area contributed by atoms with Crippen molar-refractivity contribution in [2.45, 2.75) is 25.4 Å². The minimum atomic E-state index is -0.279. The molecule has 1 aliphatic rings. The number of halogens is 1. The summed E-state index contributed by atoms with van der Waals surface area (Å²) >= 11 is 1.76. The molecule has 1 saturated heterocycles. The second-order valence-electron chi connectivity index (χ2n) is 8.00. The first-order valence-electron chi connectivity index (χ1n) is 10.8. The van der Waals surface area contributed by atoms with Crippen molar-refractivity contribution in [3.63, 3.8) is 0 Å². The Labute approximate surface area is 190 Å². The van der Waals surface area contributed by atoms with Gasteiger partial charge in [0, 0.05) is 19.0 Å². The van der Waals surface area contributed by atoms with Crippen molar-refractivity contribution in [2.75, 3.05) is 13.1 Å². The third kappa shape index (κ3) is 4.36. The zero-order valence-electron chi connectivity index (χ0n) is 17.5. The minimum absolute atomic E-state index is 0.0116. The van der Waals surface area contributed by atoms with E-state index in [1.54, 1.807) is 23.5 Å². The number of nitrogens with zero attached hydrogens (tertiary/aromatic N) is 2. The summed E-state index contributed by atoms with van der Waals surface area (Å²) in [6.45, 7) is 1.68. The third-order valence-corrected chi connectivity index (χ3v) is 7.07. The highest BCUT2D eigenvalue weighted by atomic mass is 32.1. The van der Waals surface area contributed by atoms with Crippen molar-refractivity contribution in [1.29, 1.82) is 0 Å². The molecule has 5 rings (SSSR count). The molecule has 32 heavy (non-hydrogen) atoms. The maximum Gasteiger partial charge on any atom is 0.257 e. The first kappa shape index (κ1) is 20.6. The Hall–Kier alpha value is -3.25. The smallest absolute Gasteiger partial charge is 0.257 e. The molecule has 0 radical (unpaired) electrons. The van der Waals surface area contributed by atoms with Gasteiger partial charge in [-0.15, -0.1) is 11.3 Å². The van der Waals surface area contributed by atoms with E-state index in [9.17, 15) is 9.18 Å². The number of ether oxygens (including phenoxy) is 1. The number of para-hydroxylation sites is 2. The zero-order chi connectivity index (χ0) is 21.9. The molecule has 0 atom stereocenters.